The van der Waals surface area contributed by atoms with Gasteiger partial charge in [-0.15, -0.1) is 53.6 Å². The third-order valence-corrected chi connectivity index (χ3v) is 15.5. The minimum Gasteiger partial charge on any atom is -0.486 e. The topological polar surface area (TPSA) is 69.6 Å². The minimum absolute atomic E-state index is 0. The number of aromatic nitrogens is 5. The van der Waals surface area contributed by atoms with Crippen LogP contribution in [0.15, 0.2) is 138 Å². The van der Waals surface area contributed by atoms with E-state index in [1.165, 1.54) is 49.0 Å². The molecule has 8 heteroatoms. The van der Waals surface area contributed by atoms with Crippen molar-refractivity contribution in [3.63, 3.8) is 0 Å². The molecule has 0 atom stereocenters. The van der Waals surface area contributed by atoms with Crippen LogP contribution in [0, 0.1) is 45.7 Å². The standard InChI is InChI=1S/C44H35N4O.C18H24NSi.Ir/c1-24(2)38-31-16-9-7-14-29(31)30-15-8-10-17-32(30)41(38)48-37-23-45-28(6)22-36(37)46-43(48)34-19-18-27(5)40-33-20-21-35(47-44(33)49-42(34)40)39-25(3)12-11-13-26(39)4;1-14(2)11-16-12-17(15-9-7-6-8-10-15)19-13-18(16)20(3,4)5;/h7-18,20-24H,1-6H3;6-9,12-14H,11H2,1-5H3;/q2*-1;. The fourth-order valence-corrected chi connectivity index (χ4v) is 11.9. The minimum atomic E-state index is -1.34. The van der Waals surface area contributed by atoms with Crippen molar-refractivity contribution in [3.05, 3.63) is 179 Å². The zero-order chi connectivity index (χ0) is 48.3. The predicted molar refractivity (Wildman–Crippen MR) is 292 cm³/mol. The van der Waals surface area contributed by atoms with Crippen LogP contribution in [0.3, 0.4) is 0 Å². The second kappa shape index (κ2) is 19.3. The summed E-state index contributed by atoms with van der Waals surface area (Å²) in [5, 5.41) is 8.36. The summed E-state index contributed by atoms with van der Waals surface area (Å²) in [6.07, 6.45) is 5.19. The zero-order valence-electron chi connectivity index (χ0n) is 42.0. The van der Waals surface area contributed by atoms with E-state index in [-0.39, 0.29) is 26.0 Å². The summed E-state index contributed by atoms with van der Waals surface area (Å²) in [7, 11) is -1.34. The smallest absolute Gasteiger partial charge is 0.216 e. The van der Waals surface area contributed by atoms with Gasteiger partial charge >= 0.3 is 0 Å². The summed E-state index contributed by atoms with van der Waals surface area (Å²) in [4.78, 5) is 19.9. The number of aryl methyl sites for hydroxylation is 4. The van der Waals surface area contributed by atoms with Crippen LogP contribution in [0.5, 0.6) is 0 Å². The van der Waals surface area contributed by atoms with Crippen molar-refractivity contribution in [1.82, 2.24) is 24.5 Å². The Hall–Kier alpha value is -6.57. The first kappa shape index (κ1) is 48.4. The molecule has 0 bridgehead atoms. The molecule has 11 rings (SSSR count). The number of hydrogen-bond donors (Lipinski definition) is 0. The molecule has 0 aliphatic carbocycles. The van der Waals surface area contributed by atoms with Crippen molar-refractivity contribution in [2.75, 3.05) is 0 Å². The molecular weight excluding hydrogens is 1050 g/mol. The third-order valence-electron chi connectivity index (χ3n) is 13.4. The number of fused-ring (bicyclic) bond motifs is 7. The Morgan fingerprint density at radius 3 is 2.01 bits per heavy atom. The van der Waals surface area contributed by atoms with Gasteiger partial charge in [0.05, 0.1) is 48.1 Å². The first-order chi connectivity index (χ1) is 33.2. The molecule has 0 amide bonds. The third kappa shape index (κ3) is 8.82. The van der Waals surface area contributed by atoms with Crippen LogP contribution < -0.4 is 5.19 Å². The van der Waals surface area contributed by atoms with Gasteiger partial charge in [-0.3, -0.25) is 9.97 Å². The monoisotopic (exact) mass is 1110 g/mol. The van der Waals surface area contributed by atoms with Crippen LogP contribution >= 0.6 is 0 Å². The van der Waals surface area contributed by atoms with Gasteiger partial charge in [0.25, 0.3) is 0 Å². The number of nitrogens with zero attached hydrogens (tertiary/aromatic N) is 5. The van der Waals surface area contributed by atoms with E-state index >= 15 is 0 Å². The van der Waals surface area contributed by atoms with Crippen molar-refractivity contribution >= 4 is 67.9 Å². The maximum Gasteiger partial charge on any atom is 0.216 e. The van der Waals surface area contributed by atoms with Crippen LogP contribution in [-0.4, -0.2) is 32.6 Å². The van der Waals surface area contributed by atoms with E-state index < -0.39 is 8.07 Å². The summed E-state index contributed by atoms with van der Waals surface area (Å²) in [6.45, 7) is 24.7. The Kier molecular flexibility index (Phi) is 13.4. The Labute approximate surface area is 426 Å². The van der Waals surface area contributed by atoms with Crippen molar-refractivity contribution in [2.45, 2.75) is 87.4 Å². The number of pyridine rings is 3. The quantitative estimate of drug-likeness (QED) is 0.0861. The normalized spacial score (nSPS) is 11.8. The Balaban J connectivity index is 0.000000244. The van der Waals surface area contributed by atoms with E-state index in [0.717, 1.165) is 84.7 Å². The van der Waals surface area contributed by atoms with Gasteiger partial charge in [-0.1, -0.05) is 144 Å². The predicted octanol–water partition coefficient (Wildman–Crippen LogP) is 15.8. The Bertz CT molecular complexity index is 3730. The van der Waals surface area contributed by atoms with E-state index in [1.54, 1.807) is 0 Å². The molecule has 6 aromatic carbocycles. The van der Waals surface area contributed by atoms with E-state index in [0.29, 0.717) is 11.6 Å². The molecule has 1 radical (unpaired) electrons. The molecule has 5 aromatic heterocycles. The first-order valence-electron chi connectivity index (χ1n) is 24.2. The fraction of sp³-hybridized carbons (Fsp3) is 0.226. The molecule has 0 fully saturated rings. The number of rotatable bonds is 8. The van der Waals surface area contributed by atoms with Gasteiger partial charge in [0.15, 0.2) is 0 Å². The van der Waals surface area contributed by atoms with Crippen LogP contribution in [0.4, 0.5) is 0 Å². The van der Waals surface area contributed by atoms with Crippen molar-refractivity contribution in [3.8, 4) is 39.6 Å². The van der Waals surface area contributed by atoms with Gasteiger partial charge < -0.3 is 14.0 Å². The van der Waals surface area contributed by atoms with Gasteiger partial charge in [-0.25, -0.2) is 4.98 Å². The number of hydrogen-bond acceptors (Lipinski definition) is 5. The largest absolute Gasteiger partial charge is 0.486 e. The average Bonchev–Trinajstić information content (AvgIpc) is 3.90. The molecule has 0 aliphatic rings. The average molecular weight is 1110 g/mol. The summed E-state index contributed by atoms with van der Waals surface area (Å²) in [5.74, 6) is 1.66. The van der Waals surface area contributed by atoms with E-state index in [9.17, 15) is 0 Å². The van der Waals surface area contributed by atoms with E-state index in [1.807, 2.05) is 31.3 Å². The SMILES string of the molecule is CC(C)Cc1cc(-c2[c-]cccc2)ncc1[Si](C)(C)C.Cc1cc2nc(-c3[c-]cc(C)c4c3oc3nc(-c5c(C)cccc5C)ccc34)n(-c3c(C(C)C)c4ccccc4c4ccccc34)c2cn1.[Ir]. The Morgan fingerprint density at radius 2 is 1.34 bits per heavy atom. The van der Waals surface area contributed by atoms with Gasteiger partial charge in [0.1, 0.15) is 0 Å². The summed E-state index contributed by atoms with van der Waals surface area (Å²) in [6, 6.07) is 49.4. The van der Waals surface area contributed by atoms with Gasteiger partial charge in [-0.2, -0.15) is 0 Å². The molecule has 0 saturated heterocycles. The van der Waals surface area contributed by atoms with Crippen LogP contribution in [0.25, 0.3) is 94.2 Å². The van der Waals surface area contributed by atoms with Gasteiger partial charge in [-0.05, 0) is 101 Å². The maximum absolute atomic E-state index is 6.80. The van der Waals surface area contributed by atoms with Crippen molar-refractivity contribution in [1.29, 1.82) is 0 Å². The number of imidazole rings is 1. The number of benzene rings is 6. The molecular formula is C62H59IrN5OSi-2. The molecule has 0 saturated carbocycles. The summed E-state index contributed by atoms with van der Waals surface area (Å²) >= 11 is 0. The number of furan rings is 1. The van der Waals surface area contributed by atoms with Gasteiger partial charge in [0, 0.05) is 48.3 Å². The fourth-order valence-electron chi connectivity index (χ4n) is 10.3. The molecule has 70 heavy (non-hydrogen) atoms. The maximum atomic E-state index is 6.80. The molecule has 0 aliphatic heterocycles. The molecule has 5 heterocycles. The molecule has 353 valence electrons. The first-order valence-corrected chi connectivity index (χ1v) is 27.7. The molecule has 11 aromatic rings. The molecule has 0 unspecified atom stereocenters. The van der Waals surface area contributed by atoms with Crippen molar-refractivity contribution < 1.29 is 24.5 Å². The summed E-state index contributed by atoms with van der Waals surface area (Å²) < 4.78 is 9.10. The van der Waals surface area contributed by atoms with Crippen LogP contribution in [-0.2, 0) is 26.5 Å². The second-order valence-corrected chi connectivity index (χ2v) is 25.5. The Morgan fingerprint density at radius 1 is 0.657 bits per heavy atom. The molecule has 0 spiro atoms. The molecule has 0 N–H and O–H groups in total. The molecule has 6 nitrogen and oxygen atoms in total. The van der Waals surface area contributed by atoms with Crippen molar-refractivity contribution in [2.24, 2.45) is 5.92 Å². The van der Waals surface area contributed by atoms with Crippen LogP contribution in [0.2, 0.25) is 19.6 Å². The van der Waals surface area contributed by atoms with Gasteiger partial charge in [0.2, 0.25) is 5.71 Å². The van der Waals surface area contributed by atoms with E-state index in [2.05, 4.69) is 199 Å². The van der Waals surface area contributed by atoms with E-state index in [4.69, 9.17) is 19.4 Å². The van der Waals surface area contributed by atoms with Crippen LogP contribution in [0.1, 0.15) is 67.1 Å². The zero-order valence-corrected chi connectivity index (χ0v) is 45.4. The second-order valence-electron chi connectivity index (χ2n) is 20.4. The summed E-state index contributed by atoms with van der Waals surface area (Å²) in [5.41, 5.74) is 16.4.